The third-order valence-electron chi connectivity index (χ3n) is 4.31. The van der Waals surface area contributed by atoms with Crippen molar-refractivity contribution in [1.29, 1.82) is 0 Å². The van der Waals surface area contributed by atoms with Crippen molar-refractivity contribution in [3.05, 3.63) is 18.3 Å². The summed E-state index contributed by atoms with van der Waals surface area (Å²) < 4.78 is 10.5. The maximum absolute atomic E-state index is 12.3. The van der Waals surface area contributed by atoms with Gasteiger partial charge in [-0.25, -0.2) is 4.98 Å². The van der Waals surface area contributed by atoms with Gasteiger partial charge in [-0.1, -0.05) is 26.2 Å². The quantitative estimate of drug-likeness (QED) is 0.553. The van der Waals surface area contributed by atoms with Gasteiger partial charge in [0.2, 0.25) is 5.88 Å². The van der Waals surface area contributed by atoms with Gasteiger partial charge in [-0.05, 0) is 25.3 Å². The predicted molar refractivity (Wildman–Crippen MR) is 94.1 cm³/mol. The Morgan fingerprint density at radius 1 is 1.38 bits per heavy atom. The van der Waals surface area contributed by atoms with Crippen LogP contribution in [0.25, 0.3) is 0 Å². The van der Waals surface area contributed by atoms with E-state index in [9.17, 15) is 4.79 Å². The summed E-state index contributed by atoms with van der Waals surface area (Å²) in [6.07, 6.45) is 7.98. The molecule has 0 aromatic carbocycles. The second kappa shape index (κ2) is 10.1. The maximum atomic E-state index is 12.3. The number of hydrogen-bond acceptors (Lipinski definition) is 6. The number of pyridine rings is 1. The number of ether oxygens (including phenoxy) is 2. The first-order valence-electron chi connectivity index (χ1n) is 8.89. The van der Waals surface area contributed by atoms with Crippen molar-refractivity contribution >= 4 is 11.7 Å². The lowest BCUT2D eigenvalue weighted by Crippen LogP contribution is -2.47. The van der Waals surface area contributed by atoms with E-state index in [1.807, 2.05) is 12.1 Å². The van der Waals surface area contributed by atoms with Crippen LogP contribution in [-0.4, -0.2) is 48.8 Å². The molecule has 1 fully saturated rings. The number of carbonyl (C=O) groups excluding carboxylic acids is 1. The van der Waals surface area contributed by atoms with Gasteiger partial charge in [0, 0.05) is 12.6 Å². The SMILES string of the molecule is CCCCCOC(=O)[C@@H]1CCCCN1CNc1ccc(OC)nc1. The van der Waals surface area contributed by atoms with Crippen LogP contribution in [0.1, 0.15) is 45.4 Å². The molecule has 1 aliphatic rings. The number of nitrogens with zero attached hydrogens (tertiary/aromatic N) is 2. The molecule has 0 unspecified atom stereocenters. The van der Waals surface area contributed by atoms with Gasteiger partial charge in [0.05, 0.1) is 32.3 Å². The molecular weight excluding hydrogens is 306 g/mol. The fraction of sp³-hybridized carbons (Fsp3) is 0.667. The Morgan fingerprint density at radius 2 is 2.25 bits per heavy atom. The lowest BCUT2D eigenvalue weighted by molar-refractivity contribution is -0.151. The average molecular weight is 335 g/mol. The minimum absolute atomic E-state index is 0.0829. The Kier molecular flexibility index (Phi) is 7.82. The first kappa shape index (κ1) is 18.5. The molecular formula is C18H29N3O3. The summed E-state index contributed by atoms with van der Waals surface area (Å²) in [5, 5.41) is 3.33. The van der Waals surface area contributed by atoms with Gasteiger partial charge in [0.25, 0.3) is 0 Å². The van der Waals surface area contributed by atoms with E-state index in [-0.39, 0.29) is 12.0 Å². The van der Waals surface area contributed by atoms with Crippen LogP contribution in [0, 0.1) is 0 Å². The number of hydrogen-bond donors (Lipinski definition) is 1. The summed E-state index contributed by atoms with van der Waals surface area (Å²) in [4.78, 5) is 18.7. The highest BCUT2D eigenvalue weighted by atomic mass is 16.5. The topological polar surface area (TPSA) is 63.7 Å². The standard InChI is InChI=1S/C18H29N3O3/c1-3-4-7-12-24-18(22)16-8-5-6-11-21(16)14-20-15-9-10-17(23-2)19-13-15/h9-10,13,16,20H,3-8,11-12,14H2,1-2H3/t16-/m0/s1. The van der Waals surface area contributed by atoms with E-state index in [4.69, 9.17) is 9.47 Å². The summed E-state index contributed by atoms with van der Waals surface area (Å²) in [5.41, 5.74) is 0.913. The molecule has 1 N–H and O–H groups in total. The molecule has 0 saturated carbocycles. The van der Waals surface area contributed by atoms with Crippen LogP contribution in [0.4, 0.5) is 5.69 Å². The molecule has 0 spiro atoms. The monoisotopic (exact) mass is 335 g/mol. The normalized spacial score (nSPS) is 18.2. The van der Waals surface area contributed by atoms with E-state index in [0.29, 0.717) is 19.2 Å². The minimum atomic E-state index is -0.140. The molecule has 0 amide bonds. The molecule has 134 valence electrons. The van der Waals surface area contributed by atoms with Crippen LogP contribution < -0.4 is 10.1 Å². The van der Waals surface area contributed by atoms with Crippen LogP contribution in [0.3, 0.4) is 0 Å². The molecule has 0 radical (unpaired) electrons. The molecule has 24 heavy (non-hydrogen) atoms. The molecule has 6 nitrogen and oxygen atoms in total. The Morgan fingerprint density at radius 3 is 2.96 bits per heavy atom. The van der Waals surface area contributed by atoms with Crippen LogP contribution in [0.5, 0.6) is 5.88 Å². The molecule has 1 atom stereocenters. The summed E-state index contributed by atoms with van der Waals surface area (Å²) in [6, 6.07) is 3.60. The van der Waals surface area contributed by atoms with Crippen molar-refractivity contribution in [3.63, 3.8) is 0 Å². The number of methoxy groups -OCH3 is 1. The zero-order chi connectivity index (χ0) is 17.2. The first-order valence-corrected chi connectivity index (χ1v) is 8.89. The van der Waals surface area contributed by atoms with Crippen molar-refractivity contribution in [3.8, 4) is 5.88 Å². The Balaban J connectivity index is 1.82. The number of unbranched alkanes of at least 4 members (excludes halogenated alkanes) is 2. The summed E-state index contributed by atoms with van der Waals surface area (Å²) in [7, 11) is 1.60. The van der Waals surface area contributed by atoms with Crippen molar-refractivity contribution in [2.24, 2.45) is 0 Å². The van der Waals surface area contributed by atoms with Gasteiger partial charge < -0.3 is 14.8 Å². The van der Waals surface area contributed by atoms with E-state index < -0.39 is 0 Å². The van der Waals surface area contributed by atoms with Crippen molar-refractivity contribution in [2.75, 3.05) is 32.2 Å². The van der Waals surface area contributed by atoms with E-state index in [1.54, 1.807) is 13.3 Å². The fourth-order valence-corrected chi connectivity index (χ4v) is 2.87. The van der Waals surface area contributed by atoms with Crippen molar-refractivity contribution < 1.29 is 14.3 Å². The summed E-state index contributed by atoms with van der Waals surface area (Å²) in [6.45, 7) is 4.20. The number of anilines is 1. The average Bonchev–Trinajstić information content (AvgIpc) is 2.64. The Bertz CT molecular complexity index is 493. The Labute approximate surface area is 144 Å². The molecule has 1 aromatic heterocycles. The number of nitrogens with one attached hydrogen (secondary N) is 1. The highest BCUT2D eigenvalue weighted by Crippen LogP contribution is 2.19. The van der Waals surface area contributed by atoms with E-state index in [0.717, 1.165) is 50.8 Å². The third kappa shape index (κ3) is 5.67. The van der Waals surface area contributed by atoms with Gasteiger partial charge in [-0.3, -0.25) is 9.69 Å². The lowest BCUT2D eigenvalue weighted by atomic mass is 10.0. The van der Waals surface area contributed by atoms with Crippen molar-refractivity contribution in [2.45, 2.75) is 51.5 Å². The Hall–Kier alpha value is -1.82. The van der Waals surface area contributed by atoms with E-state index >= 15 is 0 Å². The lowest BCUT2D eigenvalue weighted by Gasteiger charge is -2.34. The number of rotatable bonds is 9. The highest BCUT2D eigenvalue weighted by molar-refractivity contribution is 5.76. The van der Waals surface area contributed by atoms with Crippen LogP contribution in [-0.2, 0) is 9.53 Å². The van der Waals surface area contributed by atoms with Gasteiger partial charge in [0.1, 0.15) is 6.04 Å². The molecule has 1 aliphatic heterocycles. The second-order valence-corrected chi connectivity index (χ2v) is 6.12. The predicted octanol–water partition coefficient (Wildman–Crippen LogP) is 3.05. The van der Waals surface area contributed by atoms with Crippen molar-refractivity contribution in [1.82, 2.24) is 9.88 Å². The van der Waals surface area contributed by atoms with Gasteiger partial charge in [-0.15, -0.1) is 0 Å². The van der Waals surface area contributed by atoms with E-state index in [2.05, 4.69) is 22.1 Å². The number of esters is 1. The molecule has 0 bridgehead atoms. The minimum Gasteiger partial charge on any atom is -0.481 e. The van der Waals surface area contributed by atoms with Crippen LogP contribution in [0.2, 0.25) is 0 Å². The smallest absolute Gasteiger partial charge is 0.323 e. The molecule has 1 saturated heterocycles. The first-order chi connectivity index (χ1) is 11.7. The zero-order valence-corrected chi connectivity index (χ0v) is 14.8. The molecule has 2 heterocycles. The summed E-state index contributed by atoms with van der Waals surface area (Å²) in [5.74, 6) is 0.507. The van der Waals surface area contributed by atoms with Crippen LogP contribution in [0.15, 0.2) is 18.3 Å². The molecule has 1 aromatic rings. The zero-order valence-electron chi connectivity index (χ0n) is 14.8. The molecule has 0 aliphatic carbocycles. The van der Waals surface area contributed by atoms with Crippen LogP contribution >= 0.6 is 0 Å². The number of carbonyl (C=O) groups is 1. The number of aromatic nitrogens is 1. The number of likely N-dealkylation sites (tertiary alicyclic amines) is 1. The van der Waals surface area contributed by atoms with E-state index in [1.165, 1.54) is 0 Å². The fourth-order valence-electron chi connectivity index (χ4n) is 2.87. The third-order valence-corrected chi connectivity index (χ3v) is 4.31. The van der Waals surface area contributed by atoms with Gasteiger partial charge in [0.15, 0.2) is 0 Å². The van der Waals surface area contributed by atoms with Gasteiger partial charge in [-0.2, -0.15) is 0 Å². The largest absolute Gasteiger partial charge is 0.481 e. The highest BCUT2D eigenvalue weighted by Gasteiger charge is 2.29. The second-order valence-electron chi connectivity index (χ2n) is 6.12. The summed E-state index contributed by atoms with van der Waals surface area (Å²) >= 11 is 0. The molecule has 6 heteroatoms. The van der Waals surface area contributed by atoms with Gasteiger partial charge >= 0.3 is 5.97 Å². The maximum Gasteiger partial charge on any atom is 0.323 e. The number of piperidine rings is 1. The molecule has 2 rings (SSSR count).